The largest absolute Gasteiger partial charge is 0.392 e. The first-order valence-corrected chi connectivity index (χ1v) is 6.90. The van der Waals surface area contributed by atoms with Gasteiger partial charge in [-0.2, -0.15) is 0 Å². The average Bonchev–Trinajstić information content (AvgIpc) is 2.85. The number of likely N-dealkylation sites (N-methyl/N-ethyl adjacent to an activating group) is 1. The highest BCUT2D eigenvalue weighted by Gasteiger charge is 2.29. The van der Waals surface area contributed by atoms with Gasteiger partial charge in [-0.15, -0.1) is 0 Å². The summed E-state index contributed by atoms with van der Waals surface area (Å²) in [6.45, 7) is 1.09. The van der Waals surface area contributed by atoms with Gasteiger partial charge in [0.15, 0.2) is 0 Å². The van der Waals surface area contributed by atoms with E-state index in [1.54, 1.807) is 11.9 Å². The van der Waals surface area contributed by atoms with E-state index in [1.807, 2.05) is 43.3 Å². The highest BCUT2D eigenvalue weighted by atomic mass is 16.3. The van der Waals surface area contributed by atoms with Crippen molar-refractivity contribution in [3.63, 3.8) is 0 Å². The van der Waals surface area contributed by atoms with Crippen molar-refractivity contribution in [2.75, 3.05) is 32.6 Å². The van der Waals surface area contributed by atoms with Gasteiger partial charge in [0, 0.05) is 39.9 Å². The Kier molecular flexibility index (Phi) is 4.62. The molecule has 2 atom stereocenters. The Balaban J connectivity index is 1.93. The molecule has 1 aromatic rings. The maximum Gasteiger partial charge on any atom is 0.239 e. The summed E-state index contributed by atoms with van der Waals surface area (Å²) < 4.78 is 0. The number of anilines is 1. The predicted octanol–water partition coefficient (Wildman–Crippen LogP) is 0.434. The molecule has 5 nitrogen and oxygen atoms in total. The fourth-order valence-corrected chi connectivity index (χ4v) is 2.42. The first-order valence-electron chi connectivity index (χ1n) is 6.90. The van der Waals surface area contributed by atoms with Crippen molar-refractivity contribution in [2.24, 2.45) is 0 Å². The summed E-state index contributed by atoms with van der Waals surface area (Å²) in [5.74, 6) is 0.0400. The van der Waals surface area contributed by atoms with E-state index in [9.17, 15) is 9.90 Å². The van der Waals surface area contributed by atoms with Crippen LogP contribution in [0.1, 0.15) is 12.0 Å². The Morgan fingerprint density at radius 3 is 2.45 bits per heavy atom. The van der Waals surface area contributed by atoms with Crippen LogP contribution < -0.4 is 10.2 Å². The number of hydrogen-bond donors (Lipinski definition) is 2. The molecule has 0 saturated carbocycles. The van der Waals surface area contributed by atoms with Crippen molar-refractivity contribution in [1.29, 1.82) is 0 Å². The van der Waals surface area contributed by atoms with Crippen LogP contribution in [-0.2, 0) is 11.3 Å². The normalized spacial score (nSPS) is 21.8. The molecule has 110 valence electrons. The monoisotopic (exact) mass is 277 g/mol. The third kappa shape index (κ3) is 3.49. The van der Waals surface area contributed by atoms with Gasteiger partial charge in [0.2, 0.25) is 5.91 Å². The number of amides is 1. The van der Waals surface area contributed by atoms with Gasteiger partial charge in [-0.3, -0.25) is 4.79 Å². The number of carbonyl (C=O) groups excluding carboxylic acids is 1. The van der Waals surface area contributed by atoms with Gasteiger partial charge in [-0.05, 0) is 24.1 Å². The quantitative estimate of drug-likeness (QED) is 0.838. The molecule has 0 aromatic heterocycles. The standard InChI is InChI=1S/C15H23N3O2/c1-17(2)12-6-4-11(5-7-12)10-18(3)15(20)14-8-13(19)9-16-14/h4-7,13-14,16,19H,8-10H2,1-3H3. The Labute approximate surface area is 120 Å². The van der Waals surface area contributed by atoms with Crippen molar-refractivity contribution in [1.82, 2.24) is 10.2 Å². The van der Waals surface area contributed by atoms with Crippen LogP contribution in [-0.4, -0.2) is 55.7 Å². The minimum Gasteiger partial charge on any atom is -0.392 e. The number of nitrogens with one attached hydrogen (secondary N) is 1. The number of aliphatic hydroxyl groups excluding tert-OH is 1. The average molecular weight is 277 g/mol. The van der Waals surface area contributed by atoms with Gasteiger partial charge in [0.25, 0.3) is 0 Å². The molecular formula is C15H23N3O2. The number of hydrogen-bond acceptors (Lipinski definition) is 4. The summed E-state index contributed by atoms with van der Waals surface area (Å²) in [7, 11) is 5.80. The van der Waals surface area contributed by atoms with E-state index < -0.39 is 6.10 Å². The molecule has 1 saturated heterocycles. The van der Waals surface area contributed by atoms with Crippen LogP contribution >= 0.6 is 0 Å². The third-order valence-corrected chi connectivity index (χ3v) is 3.65. The molecule has 0 radical (unpaired) electrons. The molecule has 20 heavy (non-hydrogen) atoms. The van der Waals surface area contributed by atoms with Gasteiger partial charge in [-0.1, -0.05) is 12.1 Å². The fraction of sp³-hybridized carbons (Fsp3) is 0.533. The van der Waals surface area contributed by atoms with Crippen molar-refractivity contribution in [2.45, 2.75) is 25.1 Å². The minimum atomic E-state index is -0.406. The third-order valence-electron chi connectivity index (χ3n) is 3.65. The van der Waals surface area contributed by atoms with Crippen LogP contribution in [0.4, 0.5) is 5.69 Å². The molecule has 2 rings (SSSR count). The molecule has 1 fully saturated rings. The van der Waals surface area contributed by atoms with Gasteiger partial charge in [0.1, 0.15) is 0 Å². The van der Waals surface area contributed by atoms with E-state index in [4.69, 9.17) is 0 Å². The molecule has 0 bridgehead atoms. The summed E-state index contributed by atoms with van der Waals surface area (Å²) in [5.41, 5.74) is 2.24. The zero-order valence-electron chi connectivity index (χ0n) is 12.3. The first kappa shape index (κ1) is 14.8. The number of carbonyl (C=O) groups is 1. The maximum atomic E-state index is 12.2. The highest BCUT2D eigenvalue weighted by Crippen LogP contribution is 2.15. The van der Waals surface area contributed by atoms with E-state index in [0.717, 1.165) is 11.3 Å². The van der Waals surface area contributed by atoms with E-state index in [0.29, 0.717) is 19.5 Å². The summed E-state index contributed by atoms with van der Waals surface area (Å²) >= 11 is 0. The van der Waals surface area contributed by atoms with Gasteiger partial charge >= 0.3 is 0 Å². The SMILES string of the molecule is CN(Cc1ccc(N(C)C)cc1)C(=O)C1CC(O)CN1. The van der Waals surface area contributed by atoms with E-state index in [-0.39, 0.29) is 11.9 Å². The van der Waals surface area contributed by atoms with Gasteiger partial charge < -0.3 is 20.2 Å². The molecular weight excluding hydrogens is 254 g/mol. The molecule has 0 spiro atoms. The van der Waals surface area contributed by atoms with Crippen molar-refractivity contribution in [3.8, 4) is 0 Å². The zero-order valence-corrected chi connectivity index (χ0v) is 12.3. The smallest absolute Gasteiger partial charge is 0.239 e. The maximum absolute atomic E-state index is 12.2. The van der Waals surface area contributed by atoms with Crippen LogP contribution in [0.25, 0.3) is 0 Å². The van der Waals surface area contributed by atoms with E-state index >= 15 is 0 Å². The topological polar surface area (TPSA) is 55.8 Å². The Morgan fingerprint density at radius 1 is 1.30 bits per heavy atom. The van der Waals surface area contributed by atoms with Crippen molar-refractivity contribution in [3.05, 3.63) is 29.8 Å². The number of rotatable bonds is 4. The first-order chi connectivity index (χ1) is 9.47. The lowest BCUT2D eigenvalue weighted by Gasteiger charge is -2.21. The lowest BCUT2D eigenvalue weighted by Crippen LogP contribution is -2.41. The summed E-state index contributed by atoms with van der Waals surface area (Å²) in [6, 6.07) is 7.92. The number of β-amino-alcohol motifs (C(OH)–C–C–N with tert-alkyl or cyclic N) is 1. The second-order valence-corrected chi connectivity index (χ2v) is 5.61. The second-order valence-electron chi connectivity index (χ2n) is 5.61. The zero-order chi connectivity index (χ0) is 14.7. The van der Waals surface area contributed by atoms with Crippen molar-refractivity contribution < 1.29 is 9.90 Å². The van der Waals surface area contributed by atoms with E-state index in [1.165, 1.54) is 0 Å². The lowest BCUT2D eigenvalue weighted by molar-refractivity contribution is -0.132. The highest BCUT2D eigenvalue weighted by molar-refractivity contribution is 5.82. The van der Waals surface area contributed by atoms with E-state index in [2.05, 4.69) is 5.32 Å². The second kappa shape index (κ2) is 6.24. The fourth-order valence-electron chi connectivity index (χ4n) is 2.42. The molecule has 1 heterocycles. The van der Waals surface area contributed by atoms with Crippen LogP contribution in [0.15, 0.2) is 24.3 Å². The van der Waals surface area contributed by atoms with Crippen LogP contribution in [0.5, 0.6) is 0 Å². The molecule has 5 heteroatoms. The van der Waals surface area contributed by atoms with Crippen LogP contribution in [0, 0.1) is 0 Å². The number of aliphatic hydroxyl groups is 1. The minimum absolute atomic E-state index is 0.0400. The number of nitrogens with zero attached hydrogens (tertiary/aromatic N) is 2. The predicted molar refractivity (Wildman–Crippen MR) is 79.7 cm³/mol. The molecule has 2 N–H and O–H groups in total. The Bertz CT molecular complexity index is 459. The molecule has 1 aliphatic rings. The van der Waals surface area contributed by atoms with Crippen molar-refractivity contribution >= 4 is 11.6 Å². The molecule has 2 unspecified atom stereocenters. The molecule has 0 aliphatic carbocycles. The Hall–Kier alpha value is -1.59. The van der Waals surface area contributed by atoms with Gasteiger partial charge in [0.05, 0.1) is 12.1 Å². The Morgan fingerprint density at radius 2 is 1.95 bits per heavy atom. The molecule has 1 aromatic carbocycles. The van der Waals surface area contributed by atoms with Gasteiger partial charge in [-0.25, -0.2) is 0 Å². The number of benzene rings is 1. The summed E-state index contributed by atoms with van der Waals surface area (Å²) in [4.78, 5) is 16.0. The summed E-state index contributed by atoms with van der Waals surface area (Å²) in [6.07, 6.45) is 0.0969. The summed E-state index contributed by atoms with van der Waals surface area (Å²) in [5, 5.41) is 12.5. The van der Waals surface area contributed by atoms with Crippen LogP contribution in [0.2, 0.25) is 0 Å². The lowest BCUT2D eigenvalue weighted by atomic mass is 10.1. The molecule has 1 aliphatic heterocycles. The molecule has 1 amide bonds. The van der Waals surface area contributed by atoms with Crippen LogP contribution in [0.3, 0.4) is 0 Å².